The molecule has 0 saturated carbocycles. The zero-order chi connectivity index (χ0) is 13.4. The lowest BCUT2D eigenvalue weighted by molar-refractivity contribution is 0.0449. The van der Waals surface area contributed by atoms with Crippen molar-refractivity contribution in [3.63, 3.8) is 0 Å². The van der Waals surface area contributed by atoms with Crippen LogP contribution < -0.4 is 9.47 Å². The highest BCUT2D eigenvalue weighted by molar-refractivity contribution is 5.84. The van der Waals surface area contributed by atoms with Crippen LogP contribution in [0.4, 0.5) is 0 Å². The highest BCUT2D eigenvalue weighted by atomic mass is 16.7. The highest BCUT2D eigenvalue weighted by Crippen LogP contribution is 2.29. The van der Waals surface area contributed by atoms with Crippen LogP contribution in [0.5, 0.6) is 11.5 Å². The topological polar surface area (TPSA) is 77.8 Å². The van der Waals surface area contributed by atoms with Crippen LogP contribution >= 0.6 is 0 Å². The van der Waals surface area contributed by atoms with Crippen LogP contribution in [0.15, 0.2) is 12.1 Å². The van der Waals surface area contributed by atoms with Gasteiger partial charge in [0.05, 0.1) is 17.2 Å². The van der Waals surface area contributed by atoms with Gasteiger partial charge in [-0.25, -0.2) is 0 Å². The lowest BCUT2D eigenvalue weighted by atomic mass is 10.1. The standard InChI is InChI=1S/C12H13NO5/c1-15-7-17-11-3-9(5-13)4-12(10(11)6-14)18-8-16-2/h3-4,6H,7-8H2,1-2H3. The van der Waals surface area contributed by atoms with Crippen molar-refractivity contribution in [3.05, 3.63) is 23.3 Å². The van der Waals surface area contributed by atoms with Gasteiger partial charge in [-0.05, 0) is 12.1 Å². The Hall–Kier alpha value is -2.10. The molecule has 0 radical (unpaired) electrons. The molecule has 0 aliphatic rings. The van der Waals surface area contributed by atoms with Crippen LogP contribution in [0, 0.1) is 11.3 Å². The minimum Gasteiger partial charge on any atom is -0.467 e. The molecule has 1 rings (SSSR count). The van der Waals surface area contributed by atoms with Gasteiger partial charge in [0.25, 0.3) is 0 Å². The first-order valence-electron chi connectivity index (χ1n) is 5.03. The van der Waals surface area contributed by atoms with Gasteiger partial charge in [0, 0.05) is 14.2 Å². The number of nitriles is 1. The monoisotopic (exact) mass is 251 g/mol. The molecule has 0 bridgehead atoms. The summed E-state index contributed by atoms with van der Waals surface area (Å²) in [6.45, 7) is -0.0567. The summed E-state index contributed by atoms with van der Waals surface area (Å²) in [6.07, 6.45) is 0.594. The number of benzene rings is 1. The first-order chi connectivity index (χ1) is 8.76. The number of rotatable bonds is 7. The maximum absolute atomic E-state index is 11.0. The largest absolute Gasteiger partial charge is 0.467 e. The van der Waals surface area contributed by atoms with E-state index in [1.807, 2.05) is 6.07 Å². The lowest BCUT2D eigenvalue weighted by Gasteiger charge is -2.12. The zero-order valence-corrected chi connectivity index (χ0v) is 10.1. The average molecular weight is 251 g/mol. The van der Waals surface area contributed by atoms with E-state index in [4.69, 9.17) is 24.2 Å². The van der Waals surface area contributed by atoms with E-state index in [0.717, 1.165) is 0 Å². The second-order valence-corrected chi connectivity index (χ2v) is 3.22. The lowest BCUT2D eigenvalue weighted by Crippen LogP contribution is -2.06. The summed E-state index contributed by atoms with van der Waals surface area (Å²) in [4.78, 5) is 11.0. The van der Waals surface area contributed by atoms with Crippen molar-refractivity contribution in [1.29, 1.82) is 5.26 Å². The predicted octanol–water partition coefficient (Wildman–Crippen LogP) is 1.34. The molecule has 0 aliphatic carbocycles. The maximum Gasteiger partial charge on any atom is 0.188 e. The van der Waals surface area contributed by atoms with Crippen LogP contribution in [0.3, 0.4) is 0 Å². The first kappa shape index (κ1) is 14.0. The van der Waals surface area contributed by atoms with Crippen molar-refractivity contribution in [2.75, 3.05) is 27.8 Å². The van der Waals surface area contributed by atoms with E-state index in [9.17, 15) is 4.79 Å². The first-order valence-corrected chi connectivity index (χ1v) is 5.03. The molecule has 0 aromatic heterocycles. The summed E-state index contributed by atoms with van der Waals surface area (Å²) in [5, 5.41) is 8.89. The van der Waals surface area contributed by atoms with Gasteiger partial charge in [-0.1, -0.05) is 0 Å². The fourth-order valence-electron chi connectivity index (χ4n) is 1.27. The van der Waals surface area contributed by atoms with Crippen molar-refractivity contribution < 1.29 is 23.7 Å². The number of ether oxygens (including phenoxy) is 4. The van der Waals surface area contributed by atoms with Crippen LogP contribution in [0.1, 0.15) is 15.9 Å². The third-order valence-electron chi connectivity index (χ3n) is 2.02. The molecule has 0 fully saturated rings. The molecular formula is C12H13NO5. The summed E-state index contributed by atoms with van der Waals surface area (Å²) in [5.41, 5.74) is 0.529. The smallest absolute Gasteiger partial charge is 0.188 e. The molecule has 6 heteroatoms. The Balaban J connectivity index is 3.13. The Labute approximate surface area is 105 Å². The van der Waals surface area contributed by atoms with E-state index < -0.39 is 0 Å². The molecule has 0 heterocycles. The fourth-order valence-corrected chi connectivity index (χ4v) is 1.27. The van der Waals surface area contributed by atoms with Crippen molar-refractivity contribution in [2.45, 2.75) is 0 Å². The van der Waals surface area contributed by atoms with Gasteiger partial charge in [0.2, 0.25) is 0 Å². The third kappa shape index (κ3) is 3.45. The number of hydrogen-bond donors (Lipinski definition) is 0. The summed E-state index contributed by atoms with van der Waals surface area (Å²) in [7, 11) is 2.91. The molecular weight excluding hydrogens is 238 g/mol. The molecule has 0 amide bonds. The number of carbonyl (C=O) groups excluding carboxylic acids is 1. The van der Waals surface area contributed by atoms with E-state index in [2.05, 4.69) is 0 Å². The Bertz CT molecular complexity index is 423. The molecule has 0 aliphatic heterocycles. The number of hydrogen-bond acceptors (Lipinski definition) is 6. The van der Waals surface area contributed by atoms with Crippen LogP contribution in [-0.2, 0) is 9.47 Å². The van der Waals surface area contributed by atoms with Gasteiger partial charge in [0.1, 0.15) is 11.5 Å². The van der Waals surface area contributed by atoms with E-state index in [1.165, 1.54) is 26.4 Å². The summed E-state index contributed by atoms with van der Waals surface area (Å²) >= 11 is 0. The molecule has 6 nitrogen and oxygen atoms in total. The quantitative estimate of drug-likeness (QED) is 0.537. The van der Waals surface area contributed by atoms with Gasteiger partial charge in [-0.15, -0.1) is 0 Å². The minimum atomic E-state index is -0.0283. The van der Waals surface area contributed by atoms with Crippen molar-refractivity contribution in [1.82, 2.24) is 0 Å². The third-order valence-corrected chi connectivity index (χ3v) is 2.02. The molecule has 0 atom stereocenters. The molecule has 0 spiro atoms. The Morgan fingerprint density at radius 3 is 2.00 bits per heavy atom. The Morgan fingerprint density at radius 2 is 1.67 bits per heavy atom. The predicted molar refractivity (Wildman–Crippen MR) is 61.6 cm³/mol. The molecule has 0 N–H and O–H groups in total. The minimum absolute atomic E-state index is 0.0283. The van der Waals surface area contributed by atoms with Crippen LogP contribution in [-0.4, -0.2) is 34.1 Å². The van der Waals surface area contributed by atoms with Gasteiger partial charge in [-0.3, -0.25) is 4.79 Å². The molecule has 96 valence electrons. The number of carbonyl (C=O) groups is 1. The SMILES string of the molecule is COCOc1cc(C#N)cc(OCOC)c1C=O. The van der Waals surface area contributed by atoms with Crippen LogP contribution in [0.2, 0.25) is 0 Å². The number of methoxy groups -OCH3 is 2. The number of aldehydes is 1. The molecule has 1 aromatic carbocycles. The normalized spacial score (nSPS) is 9.61. The molecule has 0 unspecified atom stereocenters. The van der Waals surface area contributed by atoms with Gasteiger partial charge < -0.3 is 18.9 Å². The van der Waals surface area contributed by atoms with Crippen molar-refractivity contribution >= 4 is 6.29 Å². The maximum atomic E-state index is 11.0. The van der Waals surface area contributed by atoms with E-state index in [-0.39, 0.29) is 30.6 Å². The number of nitrogens with zero attached hydrogens (tertiary/aromatic N) is 1. The summed E-state index contributed by atoms with van der Waals surface area (Å²) < 4.78 is 19.9. The molecule has 18 heavy (non-hydrogen) atoms. The van der Waals surface area contributed by atoms with E-state index in [0.29, 0.717) is 11.8 Å². The van der Waals surface area contributed by atoms with Gasteiger partial charge >= 0.3 is 0 Å². The second-order valence-electron chi connectivity index (χ2n) is 3.22. The Morgan fingerprint density at radius 1 is 1.17 bits per heavy atom. The van der Waals surface area contributed by atoms with Crippen molar-refractivity contribution in [3.8, 4) is 17.6 Å². The van der Waals surface area contributed by atoms with Gasteiger partial charge in [0.15, 0.2) is 19.9 Å². The van der Waals surface area contributed by atoms with Crippen LogP contribution in [0.25, 0.3) is 0 Å². The second kappa shape index (κ2) is 7.27. The fraction of sp³-hybridized carbons (Fsp3) is 0.333. The summed E-state index contributed by atoms with van der Waals surface area (Å²) in [6, 6.07) is 4.85. The van der Waals surface area contributed by atoms with E-state index >= 15 is 0 Å². The highest BCUT2D eigenvalue weighted by Gasteiger charge is 2.13. The van der Waals surface area contributed by atoms with Crippen molar-refractivity contribution in [2.24, 2.45) is 0 Å². The van der Waals surface area contributed by atoms with Gasteiger partial charge in [-0.2, -0.15) is 5.26 Å². The molecule has 1 aromatic rings. The average Bonchev–Trinajstić information content (AvgIpc) is 2.41. The Kier molecular flexibility index (Phi) is 5.64. The molecule has 0 saturated heterocycles. The summed E-state index contributed by atoms with van der Waals surface area (Å²) in [5.74, 6) is 0.467. The van der Waals surface area contributed by atoms with E-state index in [1.54, 1.807) is 0 Å². The zero-order valence-electron chi connectivity index (χ0n) is 10.1.